The van der Waals surface area contributed by atoms with E-state index in [-0.39, 0.29) is 11.1 Å². The molecule has 0 bridgehead atoms. The van der Waals surface area contributed by atoms with E-state index in [1.54, 1.807) is 18.7 Å². The summed E-state index contributed by atoms with van der Waals surface area (Å²) in [6.07, 6.45) is 11.9. The molecule has 1 aliphatic rings. The summed E-state index contributed by atoms with van der Waals surface area (Å²) in [6, 6.07) is 5.06. The average molecular weight is 415 g/mol. The van der Waals surface area contributed by atoms with Gasteiger partial charge in [-0.3, -0.25) is 4.68 Å². The summed E-state index contributed by atoms with van der Waals surface area (Å²) >= 11 is 0. The van der Waals surface area contributed by atoms with Gasteiger partial charge in [0.1, 0.15) is 11.6 Å². The molecule has 0 atom stereocenters. The molecule has 1 aliphatic carbocycles. The number of aromatic nitrogens is 6. The number of pyridine rings is 2. The van der Waals surface area contributed by atoms with Crippen LogP contribution >= 0.6 is 0 Å². The highest BCUT2D eigenvalue weighted by Gasteiger charge is 2.29. The van der Waals surface area contributed by atoms with Crippen LogP contribution in [0.4, 0.5) is 4.39 Å². The number of rotatable bonds is 4. The minimum atomic E-state index is -0.649. The Hall–Kier alpha value is -3.60. The van der Waals surface area contributed by atoms with Crippen molar-refractivity contribution in [2.24, 2.45) is 12.5 Å². The van der Waals surface area contributed by atoms with Crippen LogP contribution in [0.2, 0.25) is 0 Å². The predicted molar refractivity (Wildman–Crippen MR) is 114 cm³/mol. The molecule has 31 heavy (non-hydrogen) atoms. The standard InChI is InChI=1S/C23H22FN7/c1-23(5-3-4-6-23)13-31-12-16(11-28-31)17-8-18(24)20(9-25)29-21(17)15-7-19-22(26-10-15)30(2)14-27-19/h7-8,10-12,14H,3-6,13H2,1-2H3. The number of nitriles is 1. The Morgan fingerprint density at radius 2 is 1.97 bits per heavy atom. The molecule has 8 heteroatoms. The maximum atomic E-state index is 14.5. The average Bonchev–Trinajstić information content (AvgIpc) is 3.49. The van der Waals surface area contributed by atoms with E-state index in [2.05, 4.69) is 27.0 Å². The van der Waals surface area contributed by atoms with Gasteiger partial charge < -0.3 is 4.57 Å². The van der Waals surface area contributed by atoms with Crippen molar-refractivity contribution in [3.05, 3.63) is 48.6 Å². The van der Waals surface area contributed by atoms with Gasteiger partial charge in [0, 0.05) is 42.7 Å². The van der Waals surface area contributed by atoms with Crippen LogP contribution in [0.15, 0.2) is 37.1 Å². The third-order valence-corrected chi connectivity index (χ3v) is 6.21. The van der Waals surface area contributed by atoms with Gasteiger partial charge in [0.15, 0.2) is 17.2 Å². The lowest BCUT2D eigenvalue weighted by Crippen LogP contribution is -2.19. The first-order chi connectivity index (χ1) is 15.0. The molecule has 4 heterocycles. The van der Waals surface area contributed by atoms with Gasteiger partial charge >= 0.3 is 0 Å². The lowest BCUT2D eigenvalue weighted by Gasteiger charge is -2.22. The van der Waals surface area contributed by atoms with E-state index >= 15 is 0 Å². The molecule has 4 aromatic heterocycles. The zero-order valence-electron chi connectivity index (χ0n) is 17.5. The molecule has 1 fully saturated rings. The second-order valence-corrected chi connectivity index (χ2v) is 8.69. The zero-order chi connectivity index (χ0) is 21.6. The van der Waals surface area contributed by atoms with E-state index < -0.39 is 5.82 Å². The molecule has 7 nitrogen and oxygen atoms in total. The largest absolute Gasteiger partial charge is 0.318 e. The number of aryl methyl sites for hydroxylation is 1. The van der Waals surface area contributed by atoms with Crippen molar-refractivity contribution in [2.75, 3.05) is 0 Å². The van der Waals surface area contributed by atoms with Gasteiger partial charge in [0.05, 0.1) is 18.2 Å². The third kappa shape index (κ3) is 3.46. The maximum Gasteiger partial charge on any atom is 0.176 e. The molecular formula is C23H22FN7. The number of halogens is 1. The van der Waals surface area contributed by atoms with Gasteiger partial charge in [-0.2, -0.15) is 10.4 Å². The maximum absolute atomic E-state index is 14.5. The summed E-state index contributed by atoms with van der Waals surface area (Å²) in [4.78, 5) is 13.2. The number of fused-ring (bicyclic) bond motifs is 1. The van der Waals surface area contributed by atoms with Gasteiger partial charge in [0.25, 0.3) is 0 Å². The highest BCUT2D eigenvalue weighted by molar-refractivity contribution is 5.84. The van der Waals surface area contributed by atoms with Crippen LogP contribution in [0.5, 0.6) is 0 Å². The van der Waals surface area contributed by atoms with Gasteiger partial charge in [-0.15, -0.1) is 0 Å². The van der Waals surface area contributed by atoms with Crippen molar-refractivity contribution in [1.29, 1.82) is 5.26 Å². The Kier molecular flexibility index (Phi) is 4.54. The number of imidazole rings is 1. The SMILES string of the molecule is Cn1cnc2cc(-c3nc(C#N)c(F)cc3-c3cnn(CC4(C)CCCC4)c3)cnc21. The van der Waals surface area contributed by atoms with Crippen LogP contribution in [-0.4, -0.2) is 29.3 Å². The van der Waals surface area contributed by atoms with Crippen molar-refractivity contribution >= 4 is 11.2 Å². The molecule has 1 saturated carbocycles. The summed E-state index contributed by atoms with van der Waals surface area (Å²) in [5.74, 6) is -0.649. The fourth-order valence-electron chi connectivity index (χ4n) is 4.52. The van der Waals surface area contributed by atoms with Crippen molar-refractivity contribution in [3.8, 4) is 28.5 Å². The Labute approximate surface area is 179 Å². The molecule has 0 spiro atoms. The van der Waals surface area contributed by atoms with E-state index in [0.717, 1.165) is 17.8 Å². The van der Waals surface area contributed by atoms with Crippen molar-refractivity contribution in [2.45, 2.75) is 39.2 Å². The first-order valence-electron chi connectivity index (χ1n) is 10.4. The molecular weight excluding hydrogens is 393 g/mol. The lowest BCUT2D eigenvalue weighted by atomic mass is 9.89. The van der Waals surface area contributed by atoms with E-state index in [0.29, 0.717) is 22.3 Å². The molecule has 5 rings (SSSR count). The number of hydrogen-bond acceptors (Lipinski definition) is 5. The first kappa shape index (κ1) is 19.4. The topological polar surface area (TPSA) is 85.2 Å². The molecule has 156 valence electrons. The normalized spacial score (nSPS) is 15.4. The molecule has 4 aromatic rings. The monoisotopic (exact) mass is 415 g/mol. The van der Waals surface area contributed by atoms with Crippen LogP contribution in [-0.2, 0) is 13.6 Å². The molecule has 0 unspecified atom stereocenters. The van der Waals surface area contributed by atoms with Crippen molar-refractivity contribution in [1.82, 2.24) is 29.3 Å². The highest BCUT2D eigenvalue weighted by Crippen LogP contribution is 2.39. The third-order valence-electron chi connectivity index (χ3n) is 6.21. The molecule has 0 radical (unpaired) electrons. The second-order valence-electron chi connectivity index (χ2n) is 8.69. The van der Waals surface area contributed by atoms with E-state index in [4.69, 9.17) is 0 Å². The van der Waals surface area contributed by atoms with Crippen LogP contribution in [0.1, 0.15) is 38.3 Å². The first-order valence-corrected chi connectivity index (χ1v) is 10.4. The van der Waals surface area contributed by atoms with Gasteiger partial charge in [-0.05, 0) is 30.4 Å². The second kappa shape index (κ2) is 7.27. The van der Waals surface area contributed by atoms with Gasteiger partial charge in [-0.1, -0.05) is 19.8 Å². The van der Waals surface area contributed by atoms with E-state index in [1.165, 1.54) is 31.7 Å². The summed E-state index contributed by atoms with van der Waals surface area (Å²) < 4.78 is 18.3. The fraction of sp³-hybridized carbons (Fsp3) is 0.348. The summed E-state index contributed by atoms with van der Waals surface area (Å²) in [5.41, 5.74) is 3.95. The molecule has 0 amide bonds. The fourth-order valence-corrected chi connectivity index (χ4v) is 4.52. The zero-order valence-corrected chi connectivity index (χ0v) is 17.5. The van der Waals surface area contributed by atoms with Crippen LogP contribution < -0.4 is 0 Å². The summed E-state index contributed by atoms with van der Waals surface area (Å²) in [7, 11) is 1.87. The van der Waals surface area contributed by atoms with Gasteiger partial charge in [-0.25, -0.2) is 19.3 Å². The Morgan fingerprint density at radius 1 is 1.16 bits per heavy atom. The molecule has 0 aliphatic heterocycles. The Morgan fingerprint density at radius 3 is 2.74 bits per heavy atom. The minimum Gasteiger partial charge on any atom is -0.318 e. The summed E-state index contributed by atoms with van der Waals surface area (Å²) in [6.45, 7) is 3.12. The predicted octanol–water partition coefficient (Wildman–Crippen LogP) is 4.48. The van der Waals surface area contributed by atoms with Crippen molar-refractivity contribution < 1.29 is 4.39 Å². The smallest absolute Gasteiger partial charge is 0.176 e. The van der Waals surface area contributed by atoms with Crippen LogP contribution in [0.3, 0.4) is 0 Å². The molecule has 0 N–H and O–H groups in total. The van der Waals surface area contributed by atoms with Crippen LogP contribution in [0.25, 0.3) is 33.5 Å². The Balaban J connectivity index is 1.60. The van der Waals surface area contributed by atoms with Crippen molar-refractivity contribution in [3.63, 3.8) is 0 Å². The van der Waals surface area contributed by atoms with Crippen LogP contribution in [0, 0.1) is 22.6 Å². The molecule has 0 aromatic carbocycles. The number of nitrogens with zero attached hydrogens (tertiary/aromatic N) is 7. The Bertz CT molecular complexity index is 1320. The highest BCUT2D eigenvalue weighted by atomic mass is 19.1. The number of hydrogen-bond donors (Lipinski definition) is 0. The quantitative estimate of drug-likeness (QED) is 0.490. The molecule has 0 saturated heterocycles. The lowest BCUT2D eigenvalue weighted by molar-refractivity contribution is 0.268. The summed E-state index contributed by atoms with van der Waals surface area (Å²) in [5, 5.41) is 13.8. The van der Waals surface area contributed by atoms with E-state index in [9.17, 15) is 9.65 Å². The van der Waals surface area contributed by atoms with E-state index in [1.807, 2.05) is 34.6 Å². The minimum absolute atomic E-state index is 0.244. The van der Waals surface area contributed by atoms with Gasteiger partial charge in [0.2, 0.25) is 0 Å².